The fourth-order valence-corrected chi connectivity index (χ4v) is 3.27. The Hall–Kier alpha value is -2.26. The summed E-state index contributed by atoms with van der Waals surface area (Å²) in [6.45, 7) is 17.8. The van der Waals surface area contributed by atoms with E-state index in [1.54, 1.807) is 0 Å². The lowest BCUT2D eigenvalue weighted by atomic mass is 9.98. The van der Waals surface area contributed by atoms with Crippen LogP contribution in [0.5, 0.6) is 0 Å². The SMILES string of the molecule is C=C1c2ccc(NCC)c(C)c2N=C(C(C)C)N1c1ccc(Cl)cc1.CC. The number of anilines is 2. The predicted octanol–water partition coefficient (Wildman–Crippen LogP) is 7.28. The molecule has 0 bridgehead atoms. The molecule has 1 aliphatic heterocycles. The van der Waals surface area contributed by atoms with Crippen molar-refractivity contribution in [3.05, 3.63) is 59.1 Å². The molecule has 1 heterocycles. The summed E-state index contributed by atoms with van der Waals surface area (Å²) in [5, 5.41) is 4.13. The second-order valence-corrected chi connectivity index (χ2v) is 6.98. The minimum Gasteiger partial charge on any atom is -0.385 e. The van der Waals surface area contributed by atoms with Gasteiger partial charge in [-0.05, 0) is 55.8 Å². The third kappa shape index (κ3) is 4.19. The molecule has 144 valence electrons. The van der Waals surface area contributed by atoms with Gasteiger partial charge in [-0.1, -0.05) is 45.9 Å². The van der Waals surface area contributed by atoms with Crippen LogP contribution in [-0.4, -0.2) is 12.4 Å². The van der Waals surface area contributed by atoms with Gasteiger partial charge in [0.2, 0.25) is 0 Å². The normalized spacial score (nSPS) is 13.0. The van der Waals surface area contributed by atoms with Crippen molar-refractivity contribution in [1.29, 1.82) is 0 Å². The Kier molecular flexibility index (Phi) is 7.09. The van der Waals surface area contributed by atoms with E-state index in [0.717, 1.165) is 51.3 Å². The predicted molar refractivity (Wildman–Crippen MR) is 122 cm³/mol. The number of hydrogen-bond donors (Lipinski definition) is 1. The Bertz CT molecular complexity index is 835. The van der Waals surface area contributed by atoms with Crippen molar-refractivity contribution < 1.29 is 0 Å². The zero-order chi connectivity index (χ0) is 20.1. The van der Waals surface area contributed by atoms with Crippen LogP contribution in [0.25, 0.3) is 5.70 Å². The number of halogens is 1. The van der Waals surface area contributed by atoms with Gasteiger partial charge in [0.25, 0.3) is 0 Å². The highest BCUT2D eigenvalue weighted by atomic mass is 35.5. The summed E-state index contributed by atoms with van der Waals surface area (Å²) in [5.41, 5.74) is 6.34. The van der Waals surface area contributed by atoms with Crippen LogP contribution in [0.3, 0.4) is 0 Å². The topological polar surface area (TPSA) is 27.6 Å². The van der Waals surface area contributed by atoms with Crippen LogP contribution >= 0.6 is 11.6 Å². The standard InChI is InChI=1S/C21H24ClN3.C2H6/c1-6-23-19-12-11-18-15(5)25(17-9-7-16(22)8-10-17)21(13(2)3)24-20(18)14(19)4;1-2/h7-13,23H,5-6H2,1-4H3;1-2H3. The molecule has 1 aliphatic rings. The largest absolute Gasteiger partial charge is 0.385 e. The van der Waals surface area contributed by atoms with Gasteiger partial charge in [0, 0.05) is 40.1 Å². The molecule has 0 radical (unpaired) electrons. The maximum absolute atomic E-state index is 6.06. The minimum atomic E-state index is 0.266. The molecule has 2 aromatic rings. The first-order chi connectivity index (χ1) is 12.9. The van der Waals surface area contributed by atoms with Crippen molar-refractivity contribution in [3.8, 4) is 0 Å². The maximum atomic E-state index is 6.06. The van der Waals surface area contributed by atoms with Gasteiger partial charge in [-0.25, -0.2) is 4.99 Å². The number of hydrogen-bond acceptors (Lipinski definition) is 3. The molecule has 0 aromatic heterocycles. The van der Waals surface area contributed by atoms with E-state index in [9.17, 15) is 0 Å². The van der Waals surface area contributed by atoms with E-state index in [1.165, 1.54) is 0 Å². The Balaban J connectivity index is 0.00000126. The van der Waals surface area contributed by atoms with Gasteiger partial charge in [0.1, 0.15) is 5.84 Å². The molecule has 0 atom stereocenters. The number of nitrogens with zero attached hydrogens (tertiary/aromatic N) is 2. The number of benzene rings is 2. The van der Waals surface area contributed by atoms with E-state index in [2.05, 4.69) is 56.6 Å². The summed E-state index contributed by atoms with van der Waals surface area (Å²) in [6.07, 6.45) is 0. The van der Waals surface area contributed by atoms with Crippen LogP contribution in [-0.2, 0) is 0 Å². The third-order valence-corrected chi connectivity index (χ3v) is 4.69. The lowest BCUT2D eigenvalue weighted by Crippen LogP contribution is -2.35. The van der Waals surface area contributed by atoms with Crippen molar-refractivity contribution in [2.45, 2.75) is 41.5 Å². The summed E-state index contributed by atoms with van der Waals surface area (Å²) < 4.78 is 0. The first kappa shape index (κ1) is 21.0. The molecule has 0 unspecified atom stereocenters. The molecule has 1 N–H and O–H groups in total. The summed E-state index contributed by atoms with van der Waals surface area (Å²) >= 11 is 6.06. The van der Waals surface area contributed by atoms with E-state index >= 15 is 0 Å². The quantitative estimate of drug-likeness (QED) is 0.600. The highest BCUT2D eigenvalue weighted by Gasteiger charge is 2.28. The van der Waals surface area contributed by atoms with Gasteiger partial charge in [0.15, 0.2) is 0 Å². The van der Waals surface area contributed by atoms with E-state index in [-0.39, 0.29) is 5.92 Å². The lowest BCUT2D eigenvalue weighted by Gasteiger charge is -2.35. The zero-order valence-electron chi connectivity index (χ0n) is 17.2. The fourth-order valence-electron chi connectivity index (χ4n) is 3.15. The molecule has 2 aromatic carbocycles. The number of nitrogens with one attached hydrogen (secondary N) is 1. The first-order valence-electron chi connectivity index (χ1n) is 9.65. The molecule has 0 fully saturated rings. The van der Waals surface area contributed by atoms with Gasteiger partial charge in [-0.2, -0.15) is 0 Å². The Morgan fingerprint density at radius 2 is 1.74 bits per heavy atom. The summed E-state index contributed by atoms with van der Waals surface area (Å²) in [4.78, 5) is 7.16. The van der Waals surface area contributed by atoms with Crippen molar-refractivity contribution in [3.63, 3.8) is 0 Å². The van der Waals surface area contributed by atoms with Gasteiger partial charge >= 0.3 is 0 Å². The van der Waals surface area contributed by atoms with Crippen LogP contribution in [0.1, 0.15) is 45.7 Å². The van der Waals surface area contributed by atoms with Gasteiger partial charge in [0.05, 0.1) is 5.69 Å². The van der Waals surface area contributed by atoms with Gasteiger partial charge in [-0.3, -0.25) is 4.90 Å². The fraction of sp³-hybridized carbons (Fsp3) is 0.348. The molecule has 27 heavy (non-hydrogen) atoms. The second-order valence-electron chi connectivity index (χ2n) is 6.55. The van der Waals surface area contributed by atoms with E-state index in [1.807, 2.05) is 38.1 Å². The molecule has 3 nitrogen and oxygen atoms in total. The molecule has 0 spiro atoms. The Morgan fingerprint density at radius 3 is 2.30 bits per heavy atom. The third-order valence-electron chi connectivity index (χ3n) is 4.44. The van der Waals surface area contributed by atoms with E-state index in [4.69, 9.17) is 16.6 Å². The Morgan fingerprint density at radius 1 is 1.11 bits per heavy atom. The first-order valence-corrected chi connectivity index (χ1v) is 10.0. The smallest absolute Gasteiger partial charge is 0.116 e. The highest BCUT2D eigenvalue weighted by molar-refractivity contribution is 6.30. The number of fused-ring (bicyclic) bond motifs is 1. The Labute approximate surface area is 168 Å². The van der Waals surface area contributed by atoms with Crippen molar-refractivity contribution in [2.75, 3.05) is 16.8 Å². The van der Waals surface area contributed by atoms with Gasteiger partial charge < -0.3 is 5.32 Å². The average Bonchev–Trinajstić information content (AvgIpc) is 2.66. The molecular formula is C23H30ClN3. The van der Waals surface area contributed by atoms with Crippen molar-refractivity contribution >= 4 is 40.2 Å². The zero-order valence-corrected chi connectivity index (χ0v) is 18.0. The molecule has 4 heteroatoms. The van der Waals surface area contributed by atoms with Gasteiger partial charge in [-0.15, -0.1) is 0 Å². The second kappa shape index (κ2) is 9.09. The minimum absolute atomic E-state index is 0.266. The monoisotopic (exact) mass is 383 g/mol. The highest BCUT2D eigenvalue weighted by Crippen LogP contribution is 2.41. The van der Waals surface area contributed by atoms with E-state index < -0.39 is 0 Å². The molecule has 0 aliphatic carbocycles. The molecule has 0 amide bonds. The lowest BCUT2D eigenvalue weighted by molar-refractivity contribution is 0.863. The summed E-state index contributed by atoms with van der Waals surface area (Å²) in [6, 6.07) is 12.0. The van der Waals surface area contributed by atoms with Crippen LogP contribution in [0.2, 0.25) is 5.02 Å². The molecule has 3 rings (SSSR count). The summed E-state index contributed by atoms with van der Waals surface area (Å²) in [7, 11) is 0. The van der Waals surface area contributed by atoms with Crippen molar-refractivity contribution in [1.82, 2.24) is 0 Å². The van der Waals surface area contributed by atoms with Crippen LogP contribution in [0.4, 0.5) is 17.1 Å². The number of aliphatic imine (C=N–C) groups is 1. The average molecular weight is 384 g/mol. The summed E-state index contributed by atoms with van der Waals surface area (Å²) in [5.74, 6) is 1.26. The van der Waals surface area contributed by atoms with Crippen LogP contribution in [0, 0.1) is 12.8 Å². The van der Waals surface area contributed by atoms with Crippen LogP contribution in [0.15, 0.2) is 48.0 Å². The molecular weight excluding hydrogens is 354 g/mol. The number of rotatable bonds is 4. The molecule has 0 saturated carbocycles. The molecule has 0 saturated heterocycles. The van der Waals surface area contributed by atoms with E-state index in [0.29, 0.717) is 0 Å². The number of amidine groups is 1. The van der Waals surface area contributed by atoms with Crippen molar-refractivity contribution in [2.24, 2.45) is 10.9 Å². The van der Waals surface area contributed by atoms with Crippen LogP contribution < -0.4 is 10.2 Å². The maximum Gasteiger partial charge on any atom is 0.116 e.